The molecular formula is C11H15ClN2O2. The zero-order chi connectivity index (χ0) is 12.1. The topological polar surface area (TPSA) is 64.3 Å². The van der Waals surface area contributed by atoms with Crippen LogP contribution in [0.1, 0.15) is 13.8 Å². The van der Waals surface area contributed by atoms with Gasteiger partial charge in [-0.1, -0.05) is 11.6 Å². The van der Waals surface area contributed by atoms with E-state index in [1.807, 2.05) is 6.92 Å². The third kappa shape index (κ3) is 3.40. The SMILES string of the molecule is CCOc1cc(Cl)ccc1NC(=O)[C@H](C)N. The van der Waals surface area contributed by atoms with Gasteiger partial charge in [-0.3, -0.25) is 4.79 Å². The van der Waals surface area contributed by atoms with Gasteiger partial charge in [0.05, 0.1) is 18.3 Å². The molecule has 1 aromatic carbocycles. The van der Waals surface area contributed by atoms with E-state index in [1.165, 1.54) is 0 Å². The van der Waals surface area contributed by atoms with Gasteiger partial charge in [0.1, 0.15) is 5.75 Å². The zero-order valence-corrected chi connectivity index (χ0v) is 10.0. The standard InChI is InChI=1S/C11H15ClN2O2/c1-3-16-10-6-8(12)4-5-9(10)14-11(15)7(2)13/h4-7H,3,13H2,1-2H3,(H,14,15)/t7-/m0/s1. The number of ether oxygens (including phenoxy) is 1. The summed E-state index contributed by atoms with van der Waals surface area (Å²) in [6.07, 6.45) is 0. The van der Waals surface area contributed by atoms with Crippen LogP contribution in [-0.4, -0.2) is 18.6 Å². The summed E-state index contributed by atoms with van der Waals surface area (Å²) in [5, 5.41) is 3.23. The van der Waals surface area contributed by atoms with Gasteiger partial charge in [0.15, 0.2) is 0 Å². The van der Waals surface area contributed by atoms with E-state index < -0.39 is 6.04 Å². The second-order valence-electron chi connectivity index (χ2n) is 3.35. The fourth-order valence-corrected chi connectivity index (χ4v) is 1.28. The number of hydrogen-bond donors (Lipinski definition) is 2. The van der Waals surface area contributed by atoms with Crippen molar-refractivity contribution in [2.45, 2.75) is 19.9 Å². The molecule has 1 amide bonds. The molecule has 88 valence electrons. The average Bonchev–Trinajstić information content (AvgIpc) is 2.22. The maximum Gasteiger partial charge on any atom is 0.241 e. The molecule has 1 atom stereocenters. The fourth-order valence-electron chi connectivity index (χ4n) is 1.12. The van der Waals surface area contributed by atoms with Gasteiger partial charge in [0.2, 0.25) is 5.91 Å². The highest BCUT2D eigenvalue weighted by Gasteiger charge is 2.11. The highest BCUT2D eigenvalue weighted by atomic mass is 35.5. The van der Waals surface area contributed by atoms with Crippen molar-refractivity contribution in [1.29, 1.82) is 0 Å². The van der Waals surface area contributed by atoms with Gasteiger partial charge in [0.25, 0.3) is 0 Å². The van der Waals surface area contributed by atoms with E-state index in [2.05, 4.69) is 5.32 Å². The average molecular weight is 243 g/mol. The molecule has 3 N–H and O–H groups in total. The fraction of sp³-hybridized carbons (Fsp3) is 0.364. The summed E-state index contributed by atoms with van der Waals surface area (Å²) in [4.78, 5) is 11.4. The molecule has 0 radical (unpaired) electrons. The third-order valence-electron chi connectivity index (χ3n) is 1.91. The lowest BCUT2D eigenvalue weighted by Gasteiger charge is -2.13. The Labute approximate surface area is 99.7 Å². The predicted molar refractivity (Wildman–Crippen MR) is 64.9 cm³/mol. The molecule has 0 saturated heterocycles. The first kappa shape index (κ1) is 12.8. The number of nitrogens with two attached hydrogens (primary N) is 1. The van der Waals surface area contributed by atoms with Crippen LogP contribution in [0.25, 0.3) is 0 Å². The van der Waals surface area contributed by atoms with Crippen LogP contribution in [0.5, 0.6) is 5.75 Å². The van der Waals surface area contributed by atoms with Crippen LogP contribution in [0.2, 0.25) is 5.02 Å². The number of anilines is 1. The maximum absolute atomic E-state index is 11.4. The first-order valence-electron chi connectivity index (χ1n) is 5.03. The van der Waals surface area contributed by atoms with Crippen molar-refractivity contribution in [3.05, 3.63) is 23.2 Å². The highest BCUT2D eigenvalue weighted by Crippen LogP contribution is 2.28. The molecule has 0 bridgehead atoms. The van der Waals surface area contributed by atoms with Crippen molar-refractivity contribution >= 4 is 23.2 Å². The molecule has 5 heteroatoms. The molecule has 1 rings (SSSR count). The molecule has 0 aromatic heterocycles. The second-order valence-corrected chi connectivity index (χ2v) is 3.79. The highest BCUT2D eigenvalue weighted by molar-refractivity contribution is 6.30. The molecule has 0 fully saturated rings. The molecular weight excluding hydrogens is 228 g/mol. The van der Waals surface area contributed by atoms with Crippen LogP contribution in [0, 0.1) is 0 Å². The summed E-state index contributed by atoms with van der Waals surface area (Å²) < 4.78 is 5.36. The molecule has 0 aliphatic rings. The molecule has 0 saturated carbocycles. The van der Waals surface area contributed by atoms with E-state index in [0.29, 0.717) is 23.1 Å². The Kier molecular flexibility index (Phi) is 4.58. The number of carbonyl (C=O) groups excluding carboxylic acids is 1. The number of nitrogens with one attached hydrogen (secondary N) is 1. The quantitative estimate of drug-likeness (QED) is 0.849. The van der Waals surface area contributed by atoms with Gasteiger partial charge in [-0.25, -0.2) is 0 Å². The van der Waals surface area contributed by atoms with Crippen molar-refractivity contribution in [1.82, 2.24) is 0 Å². The van der Waals surface area contributed by atoms with E-state index >= 15 is 0 Å². The first-order valence-corrected chi connectivity index (χ1v) is 5.41. The lowest BCUT2D eigenvalue weighted by atomic mass is 10.2. The van der Waals surface area contributed by atoms with Crippen molar-refractivity contribution in [2.75, 3.05) is 11.9 Å². The van der Waals surface area contributed by atoms with E-state index in [0.717, 1.165) is 0 Å². The predicted octanol–water partition coefficient (Wildman–Crippen LogP) is 2.02. The first-order chi connectivity index (χ1) is 7.54. The molecule has 0 aliphatic heterocycles. The smallest absolute Gasteiger partial charge is 0.241 e. The number of benzene rings is 1. The second kappa shape index (κ2) is 5.72. The van der Waals surface area contributed by atoms with Crippen LogP contribution in [0.3, 0.4) is 0 Å². The van der Waals surface area contributed by atoms with Gasteiger partial charge >= 0.3 is 0 Å². The van der Waals surface area contributed by atoms with Gasteiger partial charge in [-0.05, 0) is 26.0 Å². The molecule has 1 aromatic rings. The van der Waals surface area contributed by atoms with Crippen molar-refractivity contribution in [3.63, 3.8) is 0 Å². The zero-order valence-electron chi connectivity index (χ0n) is 9.29. The molecule has 0 unspecified atom stereocenters. The summed E-state index contributed by atoms with van der Waals surface area (Å²) >= 11 is 5.83. The lowest BCUT2D eigenvalue weighted by Crippen LogP contribution is -2.32. The Morgan fingerprint density at radius 3 is 2.88 bits per heavy atom. The third-order valence-corrected chi connectivity index (χ3v) is 2.15. The summed E-state index contributed by atoms with van der Waals surface area (Å²) in [6.45, 7) is 3.98. The molecule has 0 spiro atoms. The van der Waals surface area contributed by atoms with E-state index in [9.17, 15) is 4.79 Å². The van der Waals surface area contributed by atoms with Gasteiger partial charge in [-0.2, -0.15) is 0 Å². The van der Waals surface area contributed by atoms with Crippen LogP contribution in [0.15, 0.2) is 18.2 Å². The largest absolute Gasteiger partial charge is 0.492 e. The number of amides is 1. The molecule has 0 aliphatic carbocycles. The normalized spacial score (nSPS) is 12.0. The van der Waals surface area contributed by atoms with Crippen LogP contribution in [0.4, 0.5) is 5.69 Å². The Bertz CT molecular complexity index is 380. The van der Waals surface area contributed by atoms with E-state index in [1.54, 1.807) is 25.1 Å². The Balaban J connectivity index is 2.90. The van der Waals surface area contributed by atoms with Crippen LogP contribution >= 0.6 is 11.6 Å². The van der Waals surface area contributed by atoms with Crippen molar-refractivity contribution < 1.29 is 9.53 Å². The van der Waals surface area contributed by atoms with Crippen LogP contribution in [-0.2, 0) is 4.79 Å². The lowest BCUT2D eigenvalue weighted by molar-refractivity contribution is -0.117. The van der Waals surface area contributed by atoms with Crippen molar-refractivity contribution in [2.24, 2.45) is 5.73 Å². The Hall–Kier alpha value is -1.26. The van der Waals surface area contributed by atoms with E-state index in [-0.39, 0.29) is 5.91 Å². The Morgan fingerprint density at radius 2 is 2.31 bits per heavy atom. The van der Waals surface area contributed by atoms with Gasteiger partial charge in [0, 0.05) is 11.1 Å². The summed E-state index contributed by atoms with van der Waals surface area (Å²) in [7, 11) is 0. The minimum Gasteiger partial charge on any atom is -0.492 e. The number of hydrogen-bond acceptors (Lipinski definition) is 3. The number of halogens is 1. The summed E-state index contributed by atoms with van der Waals surface area (Å²) in [6, 6.07) is 4.46. The minimum absolute atomic E-state index is 0.261. The number of carbonyl (C=O) groups is 1. The monoisotopic (exact) mass is 242 g/mol. The molecule has 0 heterocycles. The molecule has 16 heavy (non-hydrogen) atoms. The van der Waals surface area contributed by atoms with Gasteiger partial charge < -0.3 is 15.8 Å². The number of rotatable bonds is 4. The maximum atomic E-state index is 11.4. The van der Waals surface area contributed by atoms with Crippen LogP contribution < -0.4 is 15.8 Å². The van der Waals surface area contributed by atoms with E-state index in [4.69, 9.17) is 22.1 Å². The minimum atomic E-state index is -0.565. The Morgan fingerprint density at radius 1 is 1.62 bits per heavy atom. The molecule has 4 nitrogen and oxygen atoms in total. The summed E-state index contributed by atoms with van der Waals surface area (Å²) in [5.41, 5.74) is 6.04. The van der Waals surface area contributed by atoms with Crippen molar-refractivity contribution in [3.8, 4) is 5.75 Å². The van der Waals surface area contributed by atoms with Gasteiger partial charge in [-0.15, -0.1) is 0 Å². The summed E-state index contributed by atoms with van der Waals surface area (Å²) in [5.74, 6) is 0.285.